The van der Waals surface area contributed by atoms with Gasteiger partial charge in [-0.15, -0.1) is 15.3 Å². The molecule has 0 bridgehead atoms. The van der Waals surface area contributed by atoms with Crippen LogP contribution >= 0.6 is 0 Å². The van der Waals surface area contributed by atoms with Gasteiger partial charge in [0, 0.05) is 22.2 Å². The van der Waals surface area contributed by atoms with E-state index in [0.29, 0.717) is 23.9 Å². The molecule has 0 radical (unpaired) electrons. The average molecular weight is 986 g/mol. The molecule has 7 N–H and O–H groups in total. The first-order valence-corrected chi connectivity index (χ1v) is 21.8. The van der Waals surface area contributed by atoms with E-state index in [0.717, 1.165) is 30.3 Å². The maximum Gasteiger partial charge on any atom is 1.00 e. The molecule has 0 unspecified atom stereocenters. The van der Waals surface area contributed by atoms with Crippen molar-refractivity contribution in [3.05, 3.63) is 97.1 Å². The van der Waals surface area contributed by atoms with E-state index in [4.69, 9.17) is 17.2 Å². The van der Waals surface area contributed by atoms with Crippen LogP contribution < -0.4 is 141 Å². The summed E-state index contributed by atoms with van der Waals surface area (Å²) in [7, 11) is -21.8. The SMILES string of the molecule is Nc1ccc(N=Nc2ccc(-c3ccc(N=Nc4c(S(=O)(=O)[O-])cc5cc(S(=O)(=O)O)c(N=Nc6ccccc6)c([O-])c5c4N)cc3S(=O)(=O)[O-])c(S(=O)(=O)[O-])c2)c(N)c1.[Na+].[Na+].[Na+].[Na+]. The third kappa shape index (κ3) is 13.2. The first-order valence-electron chi connectivity index (χ1n) is 16.1. The van der Waals surface area contributed by atoms with E-state index in [9.17, 15) is 57.0 Å². The zero-order valence-electron chi connectivity index (χ0n) is 33.6. The van der Waals surface area contributed by atoms with Gasteiger partial charge in [0.15, 0.2) is 0 Å². The van der Waals surface area contributed by atoms with Gasteiger partial charge in [-0.05, 0) is 72.1 Å². The Labute approximate surface area is 453 Å². The zero-order chi connectivity index (χ0) is 43.9. The van der Waals surface area contributed by atoms with E-state index in [1.807, 2.05) is 0 Å². The summed E-state index contributed by atoms with van der Waals surface area (Å²) in [5.41, 5.74) is 13.6. The summed E-state index contributed by atoms with van der Waals surface area (Å²) in [6.45, 7) is 0. The molecular formula is C34H23N9Na4O13S4. The Morgan fingerprint density at radius 1 is 0.484 bits per heavy atom. The summed E-state index contributed by atoms with van der Waals surface area (Å²) in [5.74, 6) is -1.32. The predicted octanol–water partition coefficient (Wildman–Crippen LogP) is -6.45. The van der Waals surface area contributed by atoms with Crippen LogP contribution in [0.1, 0.15) is 0 Å². The third-order valence-electron chi connectivity index (χ3n) is 8.21. The van der Waals surface area contributed by atoms with Crippen molar-refractivity contribution in [2.45, 2.75) is 19.6 Å². The van der Waals surface area contributed by atoms with Crippen LogP contribution in [0.5, 0.6) is 5.75 Å². The van der Waals surface area contributed by atoms with E-state index in [-0.39, 0.29) is 141 Å². The zero-order valence-corrected chi connectivity index (χ0v) is 44.9. The summed E-state index contributed by atoms with van der Waals surface area (Å²) < 4.78 is 146. The Balaban J connectivity index is 0.00000352. The predicted molar refractivity (Wildman–Crippen MR) is 208 cm³/mol. The van der Waals surface area contributed by atoms with Crippen molar-refractivity contribution < 1.29 is 175 Å². The number of nitrogens with two attached hydrogens (primary N) is 3. The number of nitrogens with zero attached hydrogens (tertiary/aromatic N) is 6. The molecule has 0 heterocycles. The first kappa shape index (κ1) is 57.3. The van der Waals surface area contributed by atoms with Crippen LogP contribution in [-0.2, 0) is 40.5 Å². The Bertz CT molecular complexity index is 3330. The van der Waals surface area contributed by atoms with E-state index >= 15 is 0 Å². The molecule has 0 saturated heterocycles. The number of hydrogen-bond acceptors (Lipinski definition) is 21. The number of anilines is 3. The molecule has 0 aliphatic carbocycles. The van der Waals surface area contributed by atoms with Crippen LogP contribution in [0, 0.1) is 0 Å². The normalized spacial score (nSPS) is 12.1. The van der Waals surface area contributed by atoms with E-state index in [1.54, 1.807) is 18.2 Å². The van der Waals surface area contributed by atoms with Gasteiger partial charge in [0.1, 0.15) is 46.6 Å². The Morgan fingerprint density at radius 3 is 1.44 bits per heavy atom. The second-order valence-corrected chi connectivity index (χ2v) is 17.7. The van der Waals surface area contributed by atoms with Gasteiger partial charge in [0.2, 0.25) is 0 Å². The van der Waals surface area contributed by atoms with Gasteiger partial charge in [0.25, 0.3) is 10.1 Å². The number of fused-ring (bicyclic) bond motifs is 1. The average Bonchev–Trinajstić information content (AvgIpc) is 3.15. The van der Waals surface area contributed by atoms with Gasteiger partial charge in [-0.2, -0.15) is 23.8 Å². The molecule has 0 aliphatic heterocycles. The van der Waals surface area contributed by atoms with Crippen molar-refractivity contribution >= 4 is 102 Å². The van der Waals surface area contributed by atoms with Crippen LogP contribution in [0.15, 0.2) is 147 Å². The molecule has 6 aromatic carbocycles. The maximum atomic E-state index is 13.7. The van der Waals surface area contributed by atoms with Crippen molar-refractivity contribution in [1.82, 2.24) is 0 Å². The molecule has 0 atom stereocenters. The van der Waals surface area contributed by atoms with Crippen LogP contribution in [0.2, 0.25) is 0 Å². The topological polar surface area (TPSA) is 401 Å². The Hall–Kier alpha value is -2.78. The number of benzene rings is 6. The van der Waals surface area contributed by atoms with Gasteiger partial charge < -0.3 is 36.0 Å². The smallest absolute Gasteiger partial charge is 0.870 e. The number of rotatable bonds is 11. The molecule has 0 amide bonds. The molecule has 6 aromatic rings. The summed E-state index contributed by atoms with van der Waals surface area (Å²) in [5, 5.41) is 35.0. The minimum atomic E-state index is -5.59. The molecule has 0 saturated carbocycles. The van der Waals surface area contributed by atoms with Crippen LogP contribution in [0.25, 0.3) is 21.9 Å². The summed E-state index contributed by atoms with van der Waals surface area (Å²) in [4.78, 5) is -4.55. The van der Waals surface area contributed by atoms with Gasteiger partial charge >= 0.3 is 118 Å². The molecule has 0 spiro atoms. The van der Waals surface area contributed by atoms with Crippen LogP contribution in [-0.4, -0.2) is 51.9 Å². The number of nitrogen functional groups attached to an aromatic ring is 3. The van der Waals surface area contributed by atoms with Crippen molar-refractivity contribution in [3.63, 3.8) is 0 Å². The molecular weight excluding hydrogens is 963 g/mol. The number of azo groups is 3. The van der Waals surface area contributed by atoms with Crippen molar-refractivity contribution in [3.8, 4) is 16.9 Å². The van der Waals surface area contributed by atoms with E-state index < -0.39 is 110 Å². The molecule has 6 rings (SSSR count). The second kappa shape index (κ2) is 22.3. The quantitative estimate of drug-likeness (QED) is 0.0406. The minimum Gasteiger partial charge on any atom is -0.870 e. The second-order valence-electron chi connectivity index (χ2n) is 12.2. The molecule has 22 nitrogen and oxygen atoms in total. The van der Waals surface area contributed by atoms with Crippen LogP contribution in [0.3, 0.4) is 0 Å². The van der Waals surface area contributed by atoms with Gasteiger partial charge in [-0.3, -0.25) is 4.55 Å². The van der Waals surface area contributed by atoms with Gasteiger partial charge in [-0.1, -0.05) is 36.1 Å². The monoisotopic (exact) mass is 985 g/mol. The molecule has 0 aliphatic rings. The Morgan fingerprint density at radius 2 is 0.953 bits per heavy atom. The third-order valence-corrected chi connectivity index (χ3v) is 11.7. The fraction of sp³-hybridized carbons (Fsp3) is 0. The largest absolute Gasteiger partial charge is 1.00 e. The first-order chi connectivity index (χ1) is 27.9. The summed E-state index contributed by atoms with van der Waals surface area (Å²) in [6, 6.07) is 18.2. The van der Waals surface area contributed by atoms with Crippen molar-refractivity contribution in [2.75, 3.05) is 17.2 Å². The van der Waals surface area contributed by atoms with Crippen molar-refractivity contribution in [2.24, 2.45) is 30.7 Å². The van der Waals surface area contributed by atoms with Crippen molar-refractivity contribution in [1.29, 1.82) is 0 Å². The molecule has 30 heteroatoms. The maximum absolute atomic E-state index is 13.7. The molecule has 0 fully saturated rings. The van der Waals surface area contributed by atoms with E-state index in [1.165, 1.54) is 30.3 Å². The summed E-state index contributed by atoms with van der Waals surface area (Å²) >= 11 is 0. The molecule has 64 heavy (non-hydrogen) atoms. The minimum absolute atomic E-state index is 0. The van der Waals surface area contributed by atoms with Gasteiger partial charge in [-0.25, -0.2) is 25.3 Å². The molecule has 310 valence electrons. The summed E-state index contributed by atoms with van der Waals surface area (Å²) in [6.07, 6.45) is 0. The molecule has 0 aromatic heterocycles. The van der Waals surface area contributed by atoms with Gasteiger partial charge in [0.05, 0.1) is 48.8 Å². The Kier molecular flexibility index (Phi) is 20.0. The van der Waals surface area contributed by atoms with E-state index in [2.05, 4.69) is 30.7 Å². The standard InChI is InChI=1S/C34H27N9O13S4.4Na/c35-18-6-11-25(24(36)14-18)41-39-20-7-9-22(26(15-20)57(45,46)47)23-10-8-21(16-27(23)58(48,49)50)40-42-32-28(59(51,52)53)12-17-13-29(60(54,55)56)33(34(44)30(17)31(32)37)43-38-19-4-2-1-3-5-19;;;;/h1-16,44H,35-37H2,(H,45,46,47)(H,48,49,50)(H,51,52,53)(H,54,55,56);;;;/q;4*+1/p-4. The fourth-order valence-corrected chi connectivity index (χ4v) is 8.31. The van der Waals surface area contributed by atoms with Crippen LogP contribution in [0.4, 0.5) is 51.2 Å². The fourth-order valence-electron chi connectivity index (χ4n) is 5.57. The number of hydrogen-bond donors (Lipinski definition) is 4.